The van der Waals surface area contributed by atoms with Gasteiger partial charge < -0.3 is 14.5 Å². The van der Waals surface area contributed by atoms with Crippen molar-refractivity contribution < 1.29 is 9.53 Å². The van der Waals surface area contributed by atoms with Gasteiger partial charge in [-0.25, -0.2) is 0 Å². The molecule has 4 atom stereocenters. The van der Waals surface area contributed by atoms with Crippen LogP contribution in [-0.4, -0.2) is 61.1 Å². The van der Waals surface area contributed by atoms with Gasteiger partial charge in [-0.05, 0) is 103 Å². The van der Waals surface area contributed by atoms with Crippen molar-refractivity contribution in [2.75, 3.05) is 39.3 Å². The van der Waals surface area contributed by atoms with E-state index >= 15 is 0 Å². The number of hydrogen-bond acceptors (Lipinski definition) is 4. The largest absolute Gasteiger partial charge is 0.373 e. The first-order valence-corrected chi connectivity index (χ1v) is 15.9. The third kappa shape index (κ3) is 6.71. The SMILES string of the molecule is O=C(c1ccc(Cl)c(Cl)c1)N1CC(CN2CCC(CC(Cc3ccccc3)C3CO3)CC2)C(c2ccsc2)C1. The Morgan fingerprint density at radius 3 is 2.51 bits per heavy atom. The highest BCUT2D eigenvalue weighted by atomic mass is 35.5. The van der Waals surface area contributed by atoms with Crippen LogP contribution in [0.4, 0.5) is 0 Å². The highest BCUT2D eigenvalue weighted by Gasteiger charge is 2.39. The summed E-state index contributed by atoms with van der Waals surface area (Å²) in [5.74, 6) is 2.23. The Balaban J connectivity index is 1.06. The normalized spacial score (nSPS) is 24.7. The standard InChI is InChI=1S/C32H36Cl2N2O2S/c33-29-7-6-24(16-30(29)34)32(37)36-18-27(28(19-36)25-10-13-39-21-25)17-35-11-8-23(9-12-35)15-26(31-20-38-31)14-22-4-2-1-3-5-22/h1-7,10,13,16,21,23,26-28,31H,8-9,11-12,14-15,17-20H2. The summed E-state index contributed by atoms with van der Waals surface area (Å²) in [5, 5.41) is 5.30. The van der Waals surface area contributed by atoms with Gasteiger partial charge in [0, 0.05) is 31.1 Å². The summed E-state index contributed by atoms with van der Waals surface area (Å²) < 4.78 is 5.76. The molecule has 3 aromatic rings. The average molecular weight is 584 g/mol. The number of carbonyl (C=O) groups excluding carboxylic acids is 1. The number of amides is 1. The Labute approximate surface area is 245 Å². The van der Waals surface area contributed by atoms with Crippen LogP contribution in [0.2, 0.25) is 10.0 Å². The molecule has 3 aliphatic rings. The van der Waals surface area contributed by atoms with Crippen LogP contribution in [0.25, 0.3) is 0 Å². The molecule has 4 nitrogen and oxygen atoms in total. The minimum Gasteiger partial charge on any atom is -0.373 e. The van der Waals surface area contributed by atoms with Crippen molar-refractivity contribution >= 4 is 40.4 Å². The van der Waals surface area contributed by atoms with E-state index in [1.807, 2.05) is 4.90 Å². The van der Waals surface area contributed by atoms with Crippen molar-refractivity contribution in [2.45, 2.75) is 37.7 Å². The van der Waals surface area contributed by atoms with Crippen LogP contribution in [0, 0.1) is 17.8 Å². The summed E-state index contributed by atoms with van der Waals surface area (Å²) in [4.78, 5) is 18.1. The van der Waals surface area contributed by atoms with Crippen LogP contribution in [0.1, 0.15) is 46.7 Å². The molecule has 6 rings (SSSR count). The number of benzene rings is 2. The lowest BCUT2D eigenvalue weighted by Gasteiger charge is -2.35. The van der Waals surface area contributed by atoms with E-state index in [1.165, 1.54) is 30.4 Å². The van der Waals surface area contributed by atoms with Crippen molar-refractivity contribution in [3.8, 4) is 0 Å². The first-order valence-electron chi connectivity index (χ1n) is 14.2. The van der Waals surface area contributed by atoms with Gasteiger partial charge in [-0.2, -0.15) is 11.3 Å². The smallest absolute Gasteiger partial charge is 0.253 e. The molecule has 206 valence electrons. The van der Waals surface area contributed by atoms with Crippen LogP contribution < -0.4 is 0 Å². The van der Waals surface area contributed by atoms with Gasteiger partial charge in [0.1, 0.15) is 0 Å². The summed E-state index contributed by atoms with van der Waals surface area (Å²) in [6, 6.07) is 18.3. The molecule has 4 heterocycles. The first kappa shape index (κ1) is 27.3. The molecule has 0 radical (unpaired) electrons. The molecular formula is C32H36Cl2N2O2S. The van der Waals surface area contributed by atoms with Crippen molar-refractivity contribution in [2.24, 2.45) is 17.8 Å². The van der Waals surface area contributed by atoms with E-state index < -0.39 is 0 Å². The molecular weight excluding hydrogens is 547 g/mol. The molecule has 3 aliphatic heterocycles. The molecule has 4 unspecified atom stereocenters. The molecule has 1 aromatic heterocycles. The molecule has 0 spiro atoms. The maximum atomic E-state index is 13.4. The van der Waals surface area contributed by atoms with Gasteiger partial charge in [-0.3, -0.25) is 4.79 Å². The fraction of sp³-hybridized carbons (Fsp3) is 0.469. The molecule has 39 heavy (non-hydrogen) atoms. The molecule has 0 aliphatic carbocycles. The number of carbonyl (C=O) groups is 1. The van der Waals surface area contributed by atoms with Gasteiger partial charge in [-0.15, -0.1) is 0 Å². The Kier molecular flexibility index (Phi) is 8.62. The third-order valence-corrected chi connectivity index (χ3v) is 10.4. The summed E-state index contributed by atoms with van der Waals surface area (Å²) in [6.07, 6.45) is 5.34. The van der Waals surface area contributed by atoms with Crippen molar-refractivity contribution in [1.82, 2.24) is 9.80 Å². The minimum atomic E-state index is 0.0433. The predicted molar refractivity (Wildman–Crippen MR) is 160 cm³/mol. The lowest BCUT2D eigenvalue weighted by molar-refractivity contribution is 0.0779. The minimum absolute atomic E-state index is 0.0433. The zero-order valence-corrected chi connectivity index (χ0v) is 24.5. The van der Waals surface area contributed by atoms with E-state index in [-0.39, 0.29) is 5.91 Å². The van der Waals surface area contributed by atoms with E-state index in [0.717, 1.165) is 51.7 Å². The van der Waals surface area contributed by atoms with Gasteiger partial charge in [0.15, 0.2) is 0 Å². The molecule has 0 N–H and O–H groups in total. The van der Waals surface area contributed by atoms with E-state index in [4.69, 9.17) is 27.9 Å². The predicted octanol–water partition coefficient (Wildman–Crippen LogP) is 7.27. The van der Waals surface area contributed by atoms with Crippen LogP contribution in [-0.2, 0) is 11.2 Å². The molecule has 7 heteroatoms. The molecule has 3 saturated heterocycles. The lowest BCUT2D eigenvalue weighted by atomic mass is 9.82. The number of likely N-dealkylation sites (tertiary alicyclic amines) is 2. The van der Waals surface area contributed by atoms with Gasteiger partial charge in [0.05, 0.1) is 22.8 Å². The average Bonchev–Trinajstić information content (AvgIpc) is 3.49. The molecule has 0 bridgehead atoms. The Morgan fingerprint density at radius 2 is 1.82 bits per heavy atom. The van der Waals surface area contributed by atoms with E-state index in [9.17, 15) is 4.79 Å². The van der Waals surface area contributed by atoms with Crippen molar-refractivity contribution in [3.63, 3.8) is 0 Å². The maximum absolute atomic E-state index is 13.4. The monoisotopic (exact) mass is 582 g/mol. The van der Waals surface area contributed by atoms with Gasteiger partial charge in [-0.1, -0.05) is 53.5 Å². The summed E-state index contributed by atoms with van der Waals surface area (Å²) in [5.41, 5.74) is 3.40. The number of epoxide rings is 1. The Bertz CT molecular complexity index is 1240. The Morgan fingerprint density at radius 1 is 1.03 bits per heavy atom. The zero-order valence-electron chi connectivity index (χ0n) is 22.2. The number of ether oxygens (including phenoxy) is 1. The van der Waals surface area contributed by atoms with Crippen LogP contribution in [0.5, 0.6) is 0 Å². The van der Waals surface area contributed by atoms with Gasteiger partial charge >= 0.3 is 0 Å². The number of piperidine rings is 1. The first-order chi connectivity index (χ1) is 19.0. The fourth-order valence-electron chi connectivity index (χ4n) is 6.67. The topological polar surface area (TPSA) is 36.1 Å². The van der Waals surface area contributed by atoms with Gasteiger partial charge in [0.25, 0.3) is 5.91 Å². The second-order valence-electron chi connectivity index (χ2n) is 11.6. The third-order valence-electron chi connectivity index (χ3n) is 8.93. The van der Waals surface area contributed by atoms with Crippen molar-refractivity contribution in [1.29, 1.82) is 0 Å². The molecule has 3 fully saturated rings. The summed E-state index contributed by atoms with van der Waals surface area (Å²) in [7, 11) is 0. The molecule has 0 saturated carbocycles. The number of nitrogens with zero attached hydrogens (tertiary/aromatic N) is 2. The zero-order chi connectivity index (χ0) is 26.8. The van der Waals surface area contributed by atoms with Crippen LogP contribution in [0.15, 0.2) is 65.4 Å². The number of thiophene rings is 1. The number of rotatable bonds is 9. The van der Waals surface area contributed by atoms with Crippen LogP contribution >= 0.6 is 34.5 Å². The highest BCUT2D eigenvalue weighted by molar-refractivity contribution is 7.08. The Hall–Kier alpha value is -1.89. The van der Waals surface area contributed by atoms with E-state index in [1.54, 1.807) is 29.5 Å². The lowest BCUT2D eigenvalue weighted by Crippen LogP contribution is -2.39. The van der Waals surface area contributed by atoms with E-state index in [2.05, 4.69) is 52.1 Å². The fourth-order valence-corrected chi connectivity index (χ4v) is 7.70. The second-order valence-corrected chi connectivity index (χ2v) is 13.2. The summed E-state index contributed by atoms with van der Waals surface area (Å²) >= 11 is 14.1. The van der Waals surface area contributed by atoms with E-state index in [0.29, 0.717) is 39.5 Å². The maximum Gasteiger partial charge on any atom is 0.253 e. The second kappa shape index (κ2) is 12.3. The molecule has 1 amide bonds. The highest BCUT2D eigenvalue weighted by Crippen LogP contribution is 2.37. The molecule has 2 aromatic carbocycles. The quantitative estimate of drug-likeness (QED) is 0.249. The van der Waals surface area contributed by atoms with Crippen LogP contribution in [0.3, 0.4) is 0 Å². The number of hydrogen-bond donors (Lipinski definition) is 0. The van der Waals surface area contributed by atoms with Crippen molar-refractivity contribution in [3.05, 3.63) is 92.1 Å². The number of halogens is 2. The summed E-state index contributed by atoms with van der Waals surface area (Å²) in [6.45, 7) is 5.78. The van der Waals surface area contributed by atoms with Gasteiger partial charge in [0.2, 0.25) is 0 Å².